The number of hydrogen-bond donors (Lipinski definition) is 2. The Kier molecular flexibility index (Phi) is 5.78. The molecule has 0 aromatic heterocycles. The van der Waals surface area contributed by atoms with Gasteiger partial charge in [0.2, 0.25) is 0 Å². The minimum absolute atomic E-state index is 0.189. The zero-order valence-corrected chi connectivity index (χ0v) is 12.8. The summed E-state index contributed by atoms with van der Waals surface area (Å²) in [5.74, 6) is 6.64. The van der Waals surface area contributed by atoms with E-state index in [-0.39, 0.29) is 6.04 Å². The zero-order chi connectivity index (χ0) is 15.1. The number of nitrogens with one attached hydrogen (secondary N) is 1. The van der Waals surface area contributed by atoms with E-state index in [0.29, 0.717) is 0 Å². The minimum atomic E-state index is 0.189. The second kappa shape index (κ2) is 7.81. The van der Waals surface area contributed by atoms with Crippen LogP contribution in [0.25, 0.3) is 0 Å². The molecule has 0 radical (unpaired) electrons. The molecule has 0 spiro atoms. The number of para-hydroxylation sites is 1. The minimum Gasteiger partial charge on any atom is -0.496 e. The summed E-state index contributed by atoms with van der Waals surface area (Å²) in [7, 11) is 1.70. The molecule has 2 aromatic rings. The molecule has 0 aliphatic rings. The topological polar surface area (TPSA) is 47.3 Å². The second-order valence-corrected chi connectivity index (χ2v) is 5.25. The van der Waals surface area contributed by atoms with Crippen molar-refractivity contribution in [1.82, 2.24) is 5.43 Å². The molecule has 0 bridgehead atoms. The first-order valence-electron chi connectivity index (χ1n) is 7.42. The molecule has 21 heavy (non-hydrogen) atoms. The van der Waals surface area contributed by atoms with Crippen LogP contribution in [0.1, 0.15) is 23.6 Å². The molecule has 3 heteroatoms. The van der Waals surface area contributed by atoms with Gasteiger partial charge in [0.25, 0.3) is 0 Å². The molecule has 0 heterocycles. The Bertz CT molecular complexity index is 551. The molecule has 112 valence electrons. The average Bonchev–Trinajstić information content (AvgIpc) is 2.55. The number of benzene rings is 2. The van der Waals surface area contributed by atoms with Gasteiger partial charge in [-0.25, -0.2) is 0 Å². The van der Waals surface area contributed by atoms with E-state index < -0.39 is 0 Å². The molecule has 0 fully saturated rings. The summed E-state index contributed by atoms with van der Waals surface area (Å²) < 4.78 is 5.40. The van der Waals surface area contributed by atoms with E-state index in [9.17, 15) is 0 Å². The number of aryl methyl sites for hydroxylation is 1. The maximum atomic E-state index is 5.73. The largest absolute Gasteiger partial charge is 0.496 e. The predicted molar refractivity (Wildman–Crippen MR) is 87.3 cm³/mol. The van der Waals surface area contributed by atoms with Crippen LogP contribution in [0.4, 0.5) is 0 Å². The maximum absolute atomic E-state index is 5.73. The Morgan fingerprint density at radius 2 is 1.67 bits per heavy atom. The molecule has 0 amide bonds. The van der Waals surface area contributed by atoms with Gasteiger partial charge in [0.1, 0.15) is 5.75 Å². The number of rotatable bonds is 7. The Hall–Kier alpha value is -1.84. The highest BCUT2D eigenvalue weighted by atomic mass is 16.5. The first-order chi connectivity index (χ1) is 10.3. The SMILES string of the molecule is CCc1ccc(CC(Cc2ccccc2OC)NN)cc1. The highest BCUT2D eigenvalue weighted by Crippen LogP contribution is 2.20. The van der Waals surface area contributed by atoms with Crippen LogP contribution in [-0.4, -0.2) is 13.2 Å². The van der Waals surface area contributed by atoms with E-state index in [2.05, 4.69) is 42.7 Å². The van der Waals surface area contributed by atoms with E-state index in [1.165, 1.54) is 16.7 Å². The summed E-state index contributed by atoms with van der Waals surface area (Å²) in [4.78, 5) is 0. The summed E-state index contributed by atoms with van der Waals surface area (Å²) in [6.45, 7) is 2.17. The molecule has 0 saturated carbocycles. The second-order valence-electron chi connectivity index (χ2n) is 5.25. The number of nitrogens with two attached hydrogens (primary N) is 1. The van der Waals surface area contributed by atoms with Crippen molar-refractivity contribution < 1.29 is 4.74 Å². The van der Waals surface area contributed by atoms with Crippen molar-refractivity contribution in [2.45, 2.75) is 32.2 Å². The summed E-state index contributed by atoms with van der Waals surface area (Å²) in [5.41, 5.74) is 6.76. The highest BCUT2D eigenvalue weighted by molar-refractivity contribution is 5.34. The summed E-state index contributed by atoms with van der Waals surface area (Å²) >= 11 is 0. The van der Waals surface area contributed by atoms with E-state index in [1.807, 2.05) is 18.2 Å². The van der Waals surface area contributed by atoms with Gasteiger partial charge in [-0.15, -0.1) is 0 Å². The molecule has 3 N–H and O–H groups in total. The number of ether oxygens (including phenoxy) is 1. The number of hydrogen-bond acceptors (Lipinski definition) is 3. The molecule has 0 saturated heterocycles. The summed E-state index contributed by atoms with van der Waals surface area (Å²) in [6, 6.07) is 17.0. The van der Waals surface area contributed by atoms with Gasteiger partial charge in [-0.05, 0) is 42.0 Å². The van der Waals surface area contributed by atoms with Crippen molar-refractivity contribution in [1.29, 1.82) is 0 Å². The van der Waals surface area contributed by atoms with Crippen molar-refractivity contribution in [3.8, 4) is 5.75 Å². The van der Waals surface area contributed by atoms with Crippen LogP contribution >= 0.6 is 0 Å². The van der Waals surface area contributed by atoms with Gasteiger partial charge in [0, 0.05) is 6.04 Å². The molecule has 0 aliphatic heterocycles. The third kappa shape index (κ3) is 4.31. The first kappa shape index (κ1) is 15.5. The van der Waals surface area contributed by atoms with Crippen LogP contribution in [0.15, 0.2) is 48.5 Å². The zero-order valence-electron chi connectivity index (χ0n) is 12.8. The Balaban J connectivity index is 2.05. The van der Waals surface area contributed by atoms with Crippen LogP contribution < -0.4 is 16.0 Å². The lowest BCUT2D eigenvalue weighted by atomic mass is 9.98. The van der Waals surface area contributed by atoms with E-state index >= 15 is 0 Å². The quantitative estimate of drug-likeness (QED) is 0.607. The summed E-state index contributed by atoms with van der Waals surface area (Å²) in [6.07, 6.45) is 2.81. The molecular weight excluding hydrogens is 260 g/mol. The fourth-order valence-electron chi connectivity index (χ4n) is 2.52. The third-order valence-corrected chi connectivity index (χ3v) is 3.81. The normalized spacial score (nSPS) is 12.1. The van der Waals surface area contributed by atoms with Crippen molar-refractivity contribution in [2.24, 2.45) is 5.84 Å². The lowest BCUT2D eigenvalue weighted by molar-refractivity contribution is 0.404. The first-order valence-corrected chi connectivity index (χ1v) is 7.42. The molecule has 2 aromatic carbocycles. The van der Waals surface area contributed by atoms with Crippen LogP contribution in [0.3, 0.4) is 0 Å². The van der Waals surface area contributed by atoms with Crippen LogP contribution in [0.5, 0.6) is 5.75 Å². The summed E-state index contributed by atoms with van der Waals surface area (Å²) in [5, 5.41) is 0. The maximum Gasteiger partial charge on any atom is 0.122 e. The highest BCUT2D eigenvalue weighted by Gasteiger charge is 2.12. The fraction of sp³-hybridized carbons (Fsp3) is 0.333. The number of hydrazine groups is 1. The smallest absolute Gasteiger partial charge is 0.122 e. The molecule has 1 atom stereocenters. The van der Waals surface area contributed by atoms with Gasteiger partial charge in [-0.3, -0.25) is 11.3 Å². The van der Waals surface area contributed by atoms with Gasteiger partial charge in [0.15, 0.2) is 0 Å². The van der Waals surface area contributed by atoms with Crippen LogP contribution in [-0.2, 0) is 19.3 Å². The van der Waals surface area contributed by atoms with Gasteiger partial charge in [-0.1, -0.05) is 49.4 Å². The lowest BCUT2D eigenvalue weighted by Crippen LogP contribution is -2.38. The van der Waals surface area contributed by atoms with E-state index in [4.69, 9.17) is 10.6 Å². The average molecular weight is 284 g/mol. The van der Waals surface area contributed by atoms with Crippen molar-refractivity contribution in [3.63, 3.8) is 0 Å². The molecule has 3 nitrogen and oxygen atoms in total. The number of methoxy groups -OCH3 is 1. The lowest BCUT2D eigenvalue weighted by Gasteiger charge is -2.18. The van der Waals surface area contributed by atoms with Gasteiger partial charge >= 0.3 is 0 Å². The Morgan fingerprint density at radius 1 is 1.00 bits per heavy atom. The van der Waals surface area contributed by atoms with Crippen LogP contribution in [0.2, 0.25) is 0 Å². The Labute approximate surface area is 127 Å². The van der Waals surface area contributed by atoms with E-state index in [0.717, 1.165) is 25.0 Å². The fourth-order valence-corrected chi connectivity index (χ4v) is 2.52. The van der Waals surface area contributed by atoms with Crippen molar-refractivity contribution in [2.75, 3.05) is 7.11 Å². The Morgan fingerprint density at radius 3 is 2.29 bits per heavy atom. The molecule has 2 rings (SSSR count). The van der Waals surface area contributed by atoms with Crippen LogP contribution in [0, 0.1) is 0 Å². The molecule has 0 aliphatic carbocycles. The monoisotopic (exact) mass is 284 g/mol. The van der Waals surface area contributed by atoms with Gasteiger partial charge in [-0.2, -0.15) is 0 Å². The predicted octanol–water partition coefficient (Wildman–Crippen LogP) is 2.87. The van der Waals surface area contributed by atoms with E-state index in [1.54, 1.807) is 7.11 Å². The standard InChI is InChI=1S/C18H24N2O/c1-3-14-8-10-15(11-9-14)12-17(20-19)13-16-6-4-5-7-18(16)21-2/h4-11,17,20H,3,12-13,19H2,1-2H3. The van der Waals surface area contributed by atoms with Crippen molar-refractivity contribution in [3.05, 3.63) is 65.2 Å². The molecular formula is C18H24N2O. The molecule has 1 unspecified atom stereocenters. The third-order valence-electron chi connectivity index (χ3n) is 3.81. The van der Waals surface area contributed by atoms with Gasteiger partial charge in [0.05, 0.1) is 7.11 Å². The van der Waals surface area contributed by atoms with Crippen molar-refractivity contribution >= 4 is 0 Å². The van der Waals surface area contributed by atoms with Gasteiger partial charge < -0.3 is 4.74 Å².